The van der Waals surface area contributed by atoms with Gasteiger partial charge in [0.2, 0.25) is 5.91 Å². The minimum absolute atomic E-state index is 0.132. The van der Waals surface area contributed by atoms with E-state index in [1.54, 1.807) is 0 Å². The maximum atomic E-state index is 10.9. The zero-order chi connectivity index (χ0) is 12.8. The van der Waals surface area contributed by atoms with Gasteiger partial charge in [-0.3, -0.25) is 4.79 Å². The van der Waals surface area contributed by atoms with Crippen molar-refractivity contribution in [2.24, 2.45) is 11.7 Å². The Balaban J connectivity index is 2.51. The molecule has 0 aliphatic carbocycles. The number of carbonyl (C=O) groups excluding carboxylic acids is 1. The van der Waals surface area contributed by atoms with Crippen molar-refractivity contribution in [2.45, 2.75) is 33.2 Å². The fourth-order valence-electron chi connectivity index (χ4n) is 1.61. The van der Waals surface area contributed by atoms with Crippen LogP contribution < -0.4 is 11.1 Å². The molecule has 2 unspecified atom stereocenters. The van der Waals surface area contributed by atoms with Crippen molar-refractivity contribution in [1.29, 1.82) is 0 Å². The summed E-state index contributed by atoms with van der Waals surface area (Å²) < 4.78 is 0. The summed E-state index contributed by atoms with van der Waals surface area (Å²) >= 11 is 0. The van der Waals surface area contributed by atoms with Crippen LogP contribution in [0, 0.1) is 5.92 Å². The van der Waals surface area contributed by atoms with Crippen molar-refractivity contribution in [3.8, 4) is 0 Å². The number of hydrogen-bond donors (Lipinski definition) is 2. The largest absolute Gasteiger partial charge is 0.369 e. The highest BCUT2D eigenvalue weighted by atomic mass is 16.1. The van der Waals surface area contributed by atoms with Crippen LogP contribution in [0.5, 0.6) is 0 Å². The molecule has 17 heavy (non-hydrogen) atoms. The number of amides is 1. The standard InChI is InChI=1S/C14H22N2O/c1-4-12-5-7-13(8-6-12)11(3)16-9-10(2)14(15)17/h5-8,10-11,16H,4,9H2,1-3H3,(H2,15,17). The van der Waals surface area contributed by atoms with Gasteiger partial charge < -0.3 is 11.1 Å². The summed E-state index contributed by atoms with van der Waals surface area (Å²) in [7, 11) is 0. The van der Waals surface area contributed by atoms with E-state index in [0.29, 0.717) is 6.54 Å². The van der Waals surface area contributed by atoms with E-state index < -0.39 is 0 Å². The summed E-state index contributed by atoms with van der Waals surface area (Å²) in [6.45, 7) is 6.69. The van der Waals surface area contributed by atoms with Crippen LogP contribution in [0.25, 0.3) is 0 Å². The van der Waals surface area contributed by atoms with E-state index in [0.717, 1.165) is 6.42 Å². The molecule has 2 atom stereocenters. The van der Waals surface area contributed by atoms with Gasteiger partial charge >= 0.3 is 0 Å². The second-order valence-corrected chi connectivity index (χ2v) is 4.53. The number of nitrogens with two attached hydrogens (primary N) is 1. The van der Waals surface area contributed by atoms with Crippen LogP contribution >= 0.6 is 0 Å². The van der Waals surface area contributed by atoms with Gasteiger partial charge in [0.15, 0.2) is 0 Å². The third kappa shape index (κ3) is 4.19. The average molecular weight is 234 g/mol. The average Bonchev–Trinajstić information content (AvgIpc) is 2.35. The van der Waals surface area contributed by atoms with Crippen molar-refractivity contribution in [1.82, 2.24) is 5.32 Å². The molecule has 1 amide bonds. The Morgan fingerprint density at radius 1 is 1.29 bits per heavy atom. The van der Waals surface area contributed by atoms with Crippen molar-refractivity contribution in [3.05, 3.63) is 35.4 Å². The lowest BCUT2D eigenvalue weighted by Gasteiger charge is -2.16. The highest BCUT2D eigenvalue weighted by Crippen LogP contribution is 2.13. The summed E-state index contributed by atoms with van der Waals surface area (Å²) in [5.74, 6) is -0.390. The maximum Gasteiger partial charge on any atom is 0.221 e. The van der Waals surface area contributed by atoms with Crippen LogP contribution in [0.15, 0.2) is 24.3 Å². The molecule has 0 saturated carbocycles. The molecule has 3 N–H and O–H groups in total. The Kier molecular flexibility index (Phi) is 5.16. The summed E-state index contributed by atoms with van der Waals surface area (Å²) in [5.41, 5.74) is 7.79. The van der Waals surface area contributed by atoms with E-state index in [1.165, 1.54) is 11.1 Å². The van der Waals surface area contributed by atoms with Crippen molar-refractivity contribution in [2.75, 3.05) is 6.54 Å². The van der Waals surface area contributed by atoms with Gasteiger partial charge in [-0.15, -0.1) is 0 Å². The molecule has 0 saturated heterocycles. The van der Waals surface area contributed by atoms with Crippen LogP contribution in [-0.4, -0.2) is 12.5 Å². The lowest BCUT2D eigenvalue weighted by atomic mass is 10.0. The first-order chi connectivity index (χ1) is 8.04. The number of hydrogen-bond acceptors (Lipinski definition) is 2. The summed E-state index contributed by atoms with van der Waals surface area (Å²) in [5, 5.41) is 3.32. The van der Waals surface area contributed by atoms with Gasteiger partial charge in [0.05, 0.1) is 0 Å². The Hall–Kier alpha value is -1.35. The fourth-order valence-corrected chi connectivity index (χ4v) is 1.61. The molecule has 0 aromatic heterocycles. The zero-order valence-electron chi connectivity index (χ0n) is 10.9. The van der Waals surface area contributed by atoms with Crippen molar-refractivity contribution >= 4 is 5.91 Å². The number of carbonyl (C=O) groups is 1. The second-order valence-electron chi connectivity index (χ2n) is 4.53. The first-order valence-corrected chi connectivity index (χ1v) is 6.16. The van der Waals surface area contributed by atoms with Gasteiger partial charge in [0, 0.05) is 18.5 Å². The molecule has 1 aromatic carbocycles. The van der Waals surface area contributed by atoms with Crippen LogP contribution in [0.3, 0.4) is 0 Å². The maximum absolute atomic E-state index is 10.9. The van der Waals surface area contributed by atoms with E-state index >= 15 is 0 Å². The lowest BCUT2D eigenvalue weighted by Crippen LogP contribution is -2.32. The van der Waals surface area contributed by atoms with E-state index in [1.807, 2.05) is 6.92 Å². The number of aryl methyl sites for hydroxylation is 1. The Morgan fingerprint density at radius 2 is 1.88 bits per heavy atom. The SMILES string of the molecule is CCc1ccc(C(C)NCC(C)C(N)=O)cc1. The highest BCUT2D eigenvalue weighted by molar-refractivity contribution is 5.76. The number of benzene rings is 1. The molecule has 0 aliphatic rings. The predicted molar refractivity (Wildman–Crippen MR) is 70.6 cm³/mol. The number of primary amides is 1. The summed E-state index contributed by atoms with van der Waals surface area (Å²) in [6.07, 6.45) is 1.06. The van der Waals surface area contributed by atoms with Gasteiger partial charge in [-0.25, -0.2) is 0 Å². The van der Waals surface area contributed by atoms with Gasteiger partial charge in [0.25, 0.3) is 0 Å². The topological polar surface area (TPSA) is 55.1 Å². The van der Waals surface area contributed by atoms with Crippen LogP contribution in [0.1, 0.15) is 37.9 Å². The zero-order valence-corrected chi connectivity index (χ0v) is 10.9. The number of rotatable bonds is 6. The molecule has 1 rings (SSSR count). The molecule has 0 aliphatic heterocycles. The van der Waals surface area contributed by atoms with E-state index in [2.05, 4.69) is 43.4 Å². The normalized spacial score (nSPS) is 14.3. The monoisotopic (exact) mass is 234 g/mol. The third-order valence-corrected chi connectivity index (χ3v) is 3.10. The molecular formula is C14H22N2O. The van der Waals surface area contributed by atoms with E-state index in [4.69, 9.17) is 5.73 Å². The minimum atomic E-state index is -0.258. The first kappa shape index (κ1) is 13.7. The molecule has 3 heteroatoms. The summed E-state index contributed by atoms with van der Waals surface area (Å²) in [4.78, 5) is 10.9. The Bertz CT molecular complexity index is 359. The second kappa shape index (κ2) is 6.40. The molecule has 94 valence electrons. The van der Waals surface area contributed by atoms with Crippen molar-refractivity contribution < 1.29 is 4.79 Å². The summed E-state index contributed by atoms with van der Waals surface area (Å²) in [6, 6.07) is 8.79. The smallest absolute Gasteiger partial charge is 0.221 e. The fraction of sp³-hybridized carbons (Fsp3) is 0.500. The van der Waals surface area contributed by atoms with Gasteiger partial charge in [-0.05, 0) is 24.5 Å². The van der Waals surface area contributed by atoms with Gasteiger partial charge in [-0.1, -0.05) is 38.1 Å². The molecule has 0 heterocycles. The molecule has 3 nitrogen and oxygen atoms in total. The highest BCUT2D eigenvalue weighted by Gasteiger charge is 2.11. The molecule has 0 spiro atoms. The van der Waals surface area contributed by atoms with E-state index in [-0.39, 0.29) is 17.9 Å². The van der Waals surface area contributed by atoms with Gasteiger partial charge in [0.1, 0.15) is 0 Å². The molecule has 0 radical (unpaired) electrons. The third-order valence-electron chi connectivity index (χ3n) is 3.10. The molecule has 1 aromatic rings. The molecular weight excluding hydrogens is 212 g/mol. The van der Waals surface area contributed by atoms with Gasteiger partial charge in [-0.2, -0.15) is 0 Å². The lowest BCUT2D eigenvalue weighted by molar-refractivity contribution is -0.121. The van der Waals surface area contributed by atoms with E-state index in [9.17, 15) is 4.79 Å². The Morgan fingerprint density at radius 3 is 2.35 bits per heavy atom. The Labute approximate surface area is 103 Å². The molecule has 0 fully saturated rings. The van der Waals surface area contributed by atoms with Crippen LogP contribution in [0.4, 0.5) is 0 Å². The quantitative estimate of drug-likeness (QED) is 0.791. The number of nitrogens with one attached hydrogen (secondary N) is 1. The van der Waals surface area contributed by atoms with Crippen LogP contribution in [0.2, 0.25) is 0 Å². The first-order valence-electron chi connectivity index (χ1n) is 6.16. The van der Waals surface area contributed by atoms with Crippen LogP contribution in [-0.2, 0) is 11.2 Å². The van der Waals surface area contributed by atoms with Crippen molar-refractivity contribution in [3.63, 3.8) is 0 Å². The molecule has 0 bridgehead atoms. The predicted octanol–water partition coefficient (Wildman–Crippen LogP) is 2.02. The minimum Gasteiger partial charge on any atom is -0.369 e.